The highest BCUT2D eigenvalue weighted by Gasteiger charge is 2.45. The number of rotatable bonds is 4. The van der Waals surface area contributed by atoms with E-state index in [1.54, 1.807) is 0 Å². The van der Waals surface area contributed by atoms with E-state index in [1.807, 2.05) is 13.8 Å². The van der Waals surface area contributed by atoms with Crippen molar-refractivity contribution in [3.8, 4) is 0 Å². The van der Waals surface area contributed by atoms with E-state index >= 15 is 0 Å². The molecule has 8 heteroatoms. The molecule has 0 unspecified atom stereocenters. The zero-order valence-electron chi connectivity index (χ0n) is 12.7. The van der Waals surface area contributed by atoms with Gasteiger partial charge in [0.2, 0.25) is 0 Å². The second-order valence-corrected chi connectivity index (χ2v) is 10.3. The molecule has 0 saturated carbocycles. The van der Waals surface area contributed by atoms with Gasteiger partial charge in [-0.3, -0.25) is 0 Å². The summed E-state index contributed by atoms with van der Waals surface area (Å²) in [5.74, 6) is -1.10. The number of aryl methyl sites for hydroxylation is 1. The van der Waals surface area contributed by atoms with E-state index in [0.717, 1.165) is 6.07 Å². The lowest BCUT2D eigenvalue weighted by molar-refractivity contribution is 0.484. The van der Waals surface area contributed by atoms with Gasteiger partial charge in [0.1, 0.15) is 5.82 Å². The minimum atomic E-state index is -3.85. The van der Waals surface area contributed by atoms with Crippen LogP contribution in [0.4, 0.5) is 4.39 Å². The molecule has 1 fully saturated rings. The fourth-order valence-electron chi connectivity index (χ4n) is 2.67. The number of halogens is 1. The van der Waals surface area contributed by atoms with Gasteiger partial charge in [0.05, 0.1) is 21.7 Å². The Morgan fingerprint density at radius 2 is 1.91 bits per heavy atom. The fourth-order valence-corrected chi connectivity index (χ4v) is 7.43. The standard InChI is InChI=1S/C14H20FNO4S2/c1-9(2)16-13-7-21(17,18)8-14(13)22(19,20)11-4-5-12(15)10(3)6-11/h4-6,9,13-14,16H,7-8H2,1-3H3/t13-,14-/m0/s1. The molecule has 5 nitrogen and oxygen atoms in total. The third-order valence-electron chi connectivity index (χ3n) is 3.70. The number of benzene rings is 1. The van der Waals surface area contributed by atoms with Crippen LogP contribution in [-0.2, 0) is 19.7 Å². The third kappa shape index (κ3) is 3.49. The number of sulfone groups is 2. The summed E-state index contributed by atoms with van der Waals surface area (Å²) in [7, 11) is -7.27. The summed E-state index contributed by atoms with van der Waals surface area (Å²) in [6.07, 6.45) is 0. The molecule has 1 aliphatic heterocycles. The van der Waals surface area contributed by atoms with Crippen molar-refractivity contribution < 1.29 is 21.2 Å². The van der Waals surface area contributed by atoms with Crippen molar-refractivity contribution in [3.63, 3.8) is 0 Å². The molecule has 124 valence electrons. The Hall–Kier alpha value is -0.990. The predicted molar refractivity (Wildman–Crippen MR) is 82.8 cm³/mol. The summed E-state index contributed by atoms with van der Waals surface area (Å²) in [6.45, 7) is 5.14. The van der Waals surface area contributed by atoms with E-state index < -0.39 is 42.5 Å². The van der Waals surface area contributed by atoms with Gasteiger partial charge in [0, 0.05) is 12.1 Å². The van der Waals surface area contributed by atoms with Crippen molar-refractivity contribution in [1.29, 1.82) is 0 Å². The fraction of sp³-hybridized carbons (Fsp3) is 0.571. The van der Waals surface area contributed by atoms with E-state index in [0.29, 0.717) is 0 Å². The van der Waals surface area contributed by atoms with Crippen LogP contribution in [0.5, 0.6) is 0 Å². The molecule has 1 aromatic carbocycles. The smallest absolute Gasteiger partial charge is 0.183 e. The first-order valence-corrected chi connectivity index (χ1v) is 10.4. The van der Waals surface area contributed by atoms with Gasteiger partial charge in [-0.05, 0) is 30.7 Å². The van der Waals surface area contributed by atoms with Gasteiger partial charge in [0.15, 0.2) is 19.7 Å². The zero-order chi connectivity index (χ0) is 16.7. The number of hydrogen-bond acceptors (Lipinski definition) is 5. The maximum atomic E-state index is 13.3. The Balaban J connectivity index is 2.43. The van der Waals surface area contributed by atoms with Crippen LogP contribution in [-0.4, -0.2) is 45.7 Å². The topological polar surface area (TPSA) is 80.3 Å². The Kier molecular flexibility index (Phi) is 4.66. The first kappa shape index (κ1) is 17.4. The summed E-state index contributed by atoms with van der Waals surface area (Å²) in [6, 6.07) is 2.85. The van der Waals surface area contributed by atoms with Crippen LogP contribution in [0.2, 0.25) is 0 Å². The summed E-state index contributed by atoms with van der Waals surface area (Å²) >= 11 is 0. The molecule has 0 aliphatic carbocycles. The molecule has 22 heavy (non-hydrogen) atoms. The Morgan fingerprint density at radius 1 is 1.27 bits per heavy atom. The van der Waals surface area contributed by atoms with Crippen molar-refractivity contribution in [3.05, 3.63) is 29.6 Å². The maximum Gasteiger partial charge on any atom is 0.183 e. The molecule has 1 aliphatic rings. The van der Waals surface area contributed by atoms with Gasteiger partial charge in [-0.15, -0.1) is 0 Å². The first-order valence-electron chi connectivity index (χ1n) is 6.99. The van der Waals surface area contributed by atoms with Crippen LogP contribution in [0.3, 0.4) is 0 Å². The minimum Gasteiger partial charge on any atom is -0.309 e. The third-order valence-corrected chi connectivity index (χ3v) is 7.85. The van der Waals surface area contributed by atoms with Gasteiger partial charge < -0.3 is 5.32 Å². The highest BCUT2D eigenvalue weighted by molar-refractivity contribution is 7.96. The Labute approximate surface area is 130 Å². The second-order valence-electron chi connectivity index (χ2n) is 6.00. The average Bonchev–Trinajstić information content (AvgIpc) is 2.67. The quantitative estimate of drug-likeness (QED) is 0.823. The zero-order valence-corrected chi connectivity index (χ0v) is 14.3. The van der Waals surface area contributed by atoms with Crippen LogP contribution < -0.4 is 5.32 Å². The Morgan fingerprint density at radius 3 is 2.45 bits per heavy atom. The van der Waals surface area contributed by atoms with Crippen molar-refractivity contribution in [2.75, 3.05) is 11.5 Å². The van der Waals surface area contributed by atoms with Gasteiger partial charge in [-0.2, -0.15) is 0 Å². The van der Waals surface area contributed by atoms with Crippen molar-refractivity contribution in [2.45, 2.75) is 43.0 Å². The van der Waals surface area contributed by atoms with E-state index in [4.69, 9.17) is 0 Å². The van der Waals surface area contributed by atoms with Crippen molar-refractivity contribution >= 4 is 19.7 Å². The molecule has 1 saturated heterocycles. The Bertz CT molecular complexity index is 772. The molecule has 1 N–H and O–H groups in total. The van der Waals surface area contributed by atoms with Gasteiger partial charge >= 0.3 is 0 Å². The second kappa shape index (κ2) is 5.90. The molecular formula is C14H20FNO4S2. The van der Waals surface area contributed by atoms with Crippen LogP contribution in [0.1, 0.15) is 19.4 Å². The van der Waals surface area contributed by atoms with Gasteiger partial charge in [-0.25, -0.2) is 21.2 Å². The predicted octanol–water partition coefficient (Wildman–Crippen LogP) is 1.07. The highest BCUT2D eigenvalue weighted by atomic mass is 32.2. The summed E-state index contributed by atoms with van der Waals surface area (Å²) in [5.41, 5.74) is 0.218. The van der Waals surface area contributed by atoms with Crippen molar-refractivity contribution in [2.24, 2.45) is 0 Å². The molecule has 0 spiro atoms. The molecule has 1 heterocycles. The molecule has 0 aromatic heterocycles. The largest absolute Gasteiger partial charge is 0.309 e. The number of hydrogen-bond donors (Lipinski definition) is 1. The molecule has 0 bridgehead atoms. The lowest BCUT2D eigenvalue weighted by atomic mass is 10.2. The SMILES string of the molecule is Cc1cc(S(=O)(=O)[C@H]2CS(=O)(=O)C[C@@H]2NC(C)C)ccc1F. The lowest BCUT2D eigenvalue weighted by Crippen LogP contribution is -2.46. The maximum absolute atomic E-state index is 13.3. The van der Waals surface area contributed by atoms with Crippen LogP contribution in [0.25, 0.3) is 0 Å². The normalized spacial score (nSPS) is 24.8. The van der Waals surface area contributed by atoms with Gasteiger partial charge in [-0.1, -0.05) is 13.8 Å². The highest BCUT2D eigenvalue weighted by Crippen LogP contribution is 2.27. The van der Waals surface area contributed by atoms with E-state index in [1.165, 1.54) is 19.1 Å². The summed E-state index contributed by atoms with van der Waals surface area (Å²) in [4.78, 5) is -0.0379. The van der Waals surface area contributed by atoms with E-state index in [9.17, 15) is 21.2 Å². The monoisotopic (exact) mass is 349 g/mol. The van der Waals surface area contributed by atoms with Crippen LogP contribution >= 0.6 is 0 Å². The molecule has 0 radical (unpaired) electrons. The average molecular weight is 349 g/mol. The van der Waals surface area contributed by atoms with E-state index in [2.05, 4.69) is 5.32 Å². The first-order chi connectivity index (χ1) is 10.0. The summed E-state index contributed by atoms with van der Waals surface area (Å²) < 4.78 is 62.6. The minimum absolute atomic E-state index is 0.0362. The summed E-state index contributed by atoms with van der Waals surface area (Å²) in [5, 5.41) is 1.97. The number of nitrogens with one attached hydrogen (secondary N) is 1. The van der Waals surface area contributed by atoms with E-state index in [-0.39, 0.29) is 22.3 Å². The molecule has 2 rings (SSSR count). The van der Waals surface area contributed by atoms with Crippen molar-refractivity contribution in [1.82, 2.24) is 5.32 Å². The molecule has 1 aromatic rings. The van der Waals surface area contributed by atoms with Crippen LogP contribution in [0, 0.1) is 12.7 Å². The van der Waals surface area contributed by atoms with Crippen LogP contribution in [0.15, 0.2) is 23.1 Å². The van der Waals surface area contributed by atoms with Gasteiger partial charge in [0.25, 0.3) is 0 Å². The molecule has 0 amide bonds. The lowest BCUT2D eigenvalue weighted by Gasteiger charge is -2.22. The molecular weight excluding hydrogens is 329 g/mol. The molecule has 2 atom stereocenters.